The van der Waals surface area contributed by atoms with Crippen molar-refractivity contribution in [2.24, 2.45) is 0 Å². The topological polar surface area (TPSA) is 47.6 Å². The molecule has 0 heterocycles. The van der Waals surface area contributed by atoms with Gasteiger partial charge in [-0.3, -0.25) is 4.79 Å². The van der Waals surface area contributed by atoms with Crippen molar-refractivity contribution < 1.29 is 14.3 Å². The zero-order valence-electron chi connectivity index (χ0n) is 14.7. The van der Waals surface area contributed by atoms with Crippen LogP contribution in [0.3, 0.4) is 0 Å². The minimum Gasteiger partial charge on any atom is -0.493 e. The number of methoxy groups -OCH3 is 1. The number of amides is 1. The van der Waals surface area contributed by atoms with Crippen LogP contribution in [0.1, 0.15) is 23.7 Å². The van der Waals surface area contributed by atoms with Crippen LogP contribution in [0.25, 0.3) is 10.8 Å². The van der Waals surface area contributed by atoms with E-state index in [1.165, 1.54) is 0 Å². The van der Waals surface area contributed by atoms with Crippen LogP contribution in [0, 0.1) is 3.57 Å². The van der Waals surface area contributed by atoms with Crippen LogP contribution in [0.2, 0.25) is 0 Å². The number of rotatable bonds is 6. The van der Waals surface area contributed by atoms with Crippen molar-refractivity contribution in [1.29, 1.82) is 0 Å². The van der Waals surface area contributed by atoms with E-state index in [4.69, 9.17) is 9.47 Å². The summed E-state index contributed by atoms with van der Waals surface area (Å²) < 4.78 is 12.0. The molecule has 0 saturated heterocycles. The highest BCUT2D eigenvalue weighted by Gasteiger charge is 2.16. The molecule has 3 rings (SSSR count). The summed E-state index contributed by atoms with van der Waals surface area (Å²) in [6.07, 6.45) is 0.906. The van der Waals surface area contributed by atoms with Crippen LogP contribution < -0.4 is 14.8 Å². The van der Waals surface area contributed by atoms with E-state index in [1.807, 2.05) is 55.5 Å². The molecule has 0 atom stereocenters. The van der Waals surface area contributed by atoms with Crippen LogP contribution in [0.5, 0.6) is 11.5 Å². The number of ether oxygens (including phenoxy) is 2. The number of benzene rings is 3. The van der Waals surface area contributed by atoms with Gasteiger partial charge in [0.2, 0.25) is 0 Å². The molecule has 0 spiro atoms. The minimum absolute atomic E-state index is 0.182. The Labute approximate surface area is 166 Å². The van der Waals surface area contributed by atoms with Crippen molar-refractivity contribution in [3.63, 3.8) is 0 Å². The molecule has 1 amide bonds. The first-order valence-electron chi connectivity index (χ1n) is 8.43. The Balaban J connectivity index is 1.85. The first-order valence-corrected chi connectivity index (χ1v) is 9.50. The Hall–Kier alpha value is -2.28. The van der Waals surface area contributed by atoms with Gasteiger partial charge in [0.05, 0.1) is 17.3 Å². The lowest BCUT2D eigenvalue weighted by Gasteiger charge is -2.14. The number of hydrogen-bond donors (Lipinski definition) is 1. The summed E-state index contributed by atoms with van der Waals surface area (Å²) in [6, 6.07) is 17.4. The maximum atomic E-state index is 12.7. The third kappa shape index (κ3) is 4.09. The van der Waals surface area contributed by atoms with Crippen LogP contribution in [0.15, 0.2) is 54.6 Å². The highest BCUT2D eigenvalue weighted by Crippen LogP contribution is 2.34. The van der Waals surface area contributed by atoms with Crippen molar-refractivity contribution in [3.8, 4) is 11.5 Å². The van der Waals surface area contributed by atoms with E-state index in [-0.39, 0.29) is 5.91 Å². The predicted molar refractivity (Wildman–Crippen MR) is 113 cm³/mol. The van der Waals surface area contributed by atoms with Crippen LogP contribution in [0.4, 0.5) is 5.69 Å². The molecule has 0 fully saturated rings. The van der Waals surface area contributed by atoms with E-state index < -0.39 is 0 Å². The maximum absolute atomic E-state index is 12.7. The molecule has 0 aliphatic heterocycles. The lowest BCUT2D eigenvalue weighted by molar-refractivity contribution is 0.102. The molecule has 5 heteroatoms. The summed E-state index contributed by atoms with van der Waals surface area (Å²) in [5.41, 5.74) is 1.29. The standard InChI is InChI=1S/C21H20INO3/c1-3-10-26-20-18(22)12-16(13-19(20)25-2)21(24)23-17-9-8-14-6-4-5-7-15(14)11-17/h4-9,11-13H,3,10H2,1-2H3,(H,23,24). The smallest absolute Gasteiger partial charge is 0.255 e. The minimum atomic E-state index is -0.182. The summed E-state index contributed by atoms with van der Waals surface area (Å²) in [7, 11) is 1.58. The van der Waals surface area contributed by atoms with Gasteiger partial charge in [-0.15, -0.1) is 0 Å². The molecule has 4 nitrogen and oxygen atoms in total. The number of nitrogens with one attached hydrogen (secondary N) is 1. The lowest BCUT2D eigenvalue weighted by atomic mass is 10.1. The average molecular weight is 461 g/mol. The van der Waals surface area contributed by atoms with Crippen molar-refractivity contribution in [2.45, 2.75) is 13.3 Å². The Kier molecular flexibility index (Phi) is 5.98. The van der Waals surface area contributed by atoms with Gasteiger partial charge in [-0.1, -0.05) is 37.3 Å². The monoisotopic (exact) mass is 461 g/mol. The molecular weight excluding hydrogens is 441 g/mol. The van der Waals surface area contributed by atoms with E-state index in [2.05, 4.69) is 27.9 Å². The van der Waals surface area contributed by atoms with Gasteiger partial charge in [-0.25, -0.2) is 0 Å². The van der Waals surface area contributed by atoms with Gasteiger partial charge in [0.1, 0.15) is 0 Å². The first-order chi connectivity index (χ1) is 12.6. The Morgan fingerprint density at radius 3 is 2.58 bits per heavy atom. The molecule has 3 aromatic rings. The van der Waals surface area contributed by atoms with Gasteiger partial charge >= 0.3 is 0 Å². The number of halogens is 1. The predicted octanol–water partition coefficient (Wildman–Crippen LogP) is 5.49. The molecule has 26 heavy (non-hydrogen) atoms. The number of carbonyl (C=O) groups is 1. The second kappa shape index (κ2) is 8.40. The second-order valence-corrected chi connectivity index (χ2v) is 7.02. The van der Waals surface area contributed by atoms with Gasteiger partial charge in [-0.05, 0) is 64.0 Å². The first kappa shape index (κ1) is 18.5. The van der Waals surface area contributed by atoms with E-state index in [1.54, 1.807) is 13.2 Å². The van der Waals surface area contributed by atoms with Gasteiger partial charge in [0, 0.05) is 11.3 Å². The lowest BCUT2D eigenvalue weighted by Crippen LogP contribution is -2.13. The average Bonchev–Trinajstić information content (AvgIpc) is 2.66. The highest BCUT2D eigenvalue weighted by molar-refractivity contribution is 14.1. The third-order valence-corrected chi connectivity index (χ3v) is 4.75. The molecule has 0 saturated carbocycles. The Bertz CT molecular complexity index is 940. The fraction of sp³-hybridized carbons (Fsp3) is 0.190. The van der Waals surface area contributed by atoms with Crippen molar-refractivity contribution in [1.82, 2.24) is 0 Å². The van der Waals surface area contributed by atoms with E-state index in [9.17, 15) is 4.79 Å². The Morgan fingerprint density at radius 2 is 1.85 bits per heavy atom. The summed E-state index contributed by atoms with van der Waals surface area (Å²) in [5, 5.41) is 5.18. The normalized spacial score (nSPS) is 10.6. The second-order valence-electron chi connectivity index (χ2n) is 5.85. The number of carbonyl (C=O) groups excluding carboxylic acids is 1. The fourth-order valence-corrected chi connectivity index (χ4v) is 3.42. The third-order valence-electron chi connectivity index (χ3n) is 3.95. The van der Waals surface area contributed by atoms with E-state index in [0.29, 0.717) is 23.7 Å². The zero-order chi connectivity index (χ0) is 18.5. The molecule has 134 valence electrons. The van der Waals surface area contributed by atoms with Crippen molar-refractivity contribution in [3.05, 3.63) is 63.7 Å². The number of anilines is 1. The molecular formula is C21H20INO3. The molecule has 0 radical (unpaired) electrons. The van der Waals surface area contributed by atoms with Gasteiger partial charge in [-0.2, -0.15) is 0 Å². The Morgan fingerprint density at radius 1 is 1.08 bits per heavy atom. The van der Waals surface area contributed by atoms with E-state index >= 15 is 0 Å². The van der Waals surface area contributed by atoms with Crippen LogP contribution in [-0.4, -0.2) is 19.6 Å². The molecule has 0 aliphatic carbocycles. The summed E-state index contributed by atoms with van der Waals surface area (Å²) in [6.45, 7) is 2.65. The molecule has 0 aromatic heterocycles. The maximum Gasteiger partial charge on any atom is 0.255 e. The fourth-order valence-electron chi connectivity index (χ4n) is 2.67. The largest absolute Gasteiger partial charge is 0.493 e. The van der Waals surface area contributed by atoms with Crippen LogP contribution in [-0.2, 0) is 0 Å². The molecule has 0 aliphatic rings. The van der Waals surface area contributed by atoms with Crippen molar-refractivity contribution >= 4 is 45.0 Å². The SMILES string of the molecule is CCCOc1c(I)cc(C(=O)Nc2ccc3ccccc3c2)cc1OC. The number of hydrogen-bond acceptors (Lipinski definition) is 3. The van der Waals surface area contributed by atoms with Crippen LogP contribution >= 0.6 is 22.6 Å². The van der Waals surface area contributed by atoms with Gasteiger partial charge in [0.25, 0.3) is 5.91 Å². The van der Waals surface area contributed by atoms with Crippen molar-refractivity contribution in [2.75, 3.05) is 19.0 Å². The highest BCUT2D eigenvalue weighted by atomic mass is 127. The summed E-state index contributed by atoms with van der Waals surface area (Å²) in [4.78, 5) is 12.7. The van der Waals surface area contributed by atoms with Gasteiger partial charge < -0.3 is 14.8 Å². The van der Waals surface area contributed by atoms with Gasteiger partial charge in [0.15, 0.2) is 11.5 Å². The number of fused-ring (bicyclic) bond motifs is 1. The summed E-state index contributed by atoms with van der Waals surface area (Å²) >= 11 is 2.17. The molecule has 0 unspecified atom stereocenters. The quantitative estimate of drug-likeness (QED) is 0.494. The zero-order valence-corrected chi connectivity index (χ0v) is 16.9. The molecule has 3 aromatic carbocycles. The summed E-state index contributed by atoms with van der Waals surface area (Å²) in [5.74, 6) is 1.06. The molecule has 0 bridgehead atoms. The molecule has 1 N–H and O–H groups in total. The van der Waals surface area contributed by atoms with E-state index in [0.717, 1.165) is 26.5 Å².